The van der Waals surface area contributed by atoms with Crippen molar-refractivity contribution in [2.45, 2.75) is 6.42 Å². The summed E-state index contributed by atoms with van der Waals surface area (Å²) in [5.41, 5.74) is 2.40. The summed E-state index contributed by atoms with van der Waals surface area (Å²) in [6.45, 7) is 1.11. The summed E-state index contributed by atoms with van der Waals surface area (Å²) in [6.07, 6.45) is 2.67. The zero-order valence-electron chi connectivity index (χ0n) is 17.0. The molecule has 0 unspecified atom stereocenters. The maximum Gasteiger partial charge on any atom is 0.254 e. The van der Waals surface area contributed by atoms with Gasteiger partial charge in [-0.15, -0.1) is 0 Å². The molecule has 7 nitrogen and oxygen atoms in total. The smallest absolute Gasteiger partial charge is 0.254 e. The van der Waals surface area contributed by atoms with Gasteiger partial charge in [0.05, 0.1) is 31.9 Å². The van der Waals surface area contributed by atoms with Gasteiger partial charge in [-0.3, -0.25) is 4.79 Å². The summed E-state index contributed by atoms with van der Waals surface area (Å²) in [5.74, 6) is 2.85. The zero-order valence-corrected chi connectivity index (χ0v) is 17.7. The van der Waals surface area contributed by atoms with Crippen LogP contribution in [0.3, 0.4) is 0 Å². The minimum absolute atomic E-state index is 0.105. The normalized spacial score (nSPS) is 14.9. The van der Waals surface area contributed by atoms with E-state index in [9.17, 15) is 4.79 Å². The van der Waals surface area contributed by atoms with E-state index < -0.39 is 0 Å². The lowest BCUT2D eigenvalue weighted by Crippen LogP contribution is -2.34. The maximum atomic E-state index is 13.0. The molecule has 2 heterocycles. The highest BCUT2D eigenvalue weighted by Crippen LogP contribution is 2.42. The minimum atomic E-state index is -0.112. The second-order valence-corrected chi connectivity index (χ2v) is 7.24. The minimum Gasteiger partial charge on any atom is -0.496 e. The molecule has 30 heavy (non-hydrogen) atoms. The van der Waals surface area contributed by atoms with Gasteiger partial charge in [-0.25, -0.2) is 0 Å². The number of hydrogen-bond donors (Lipinski definition) is 0. The van der Waals surface area contributed by atoms with E-state index in [1.54, 1.807) is 38.4 Å². The number of hydrogen-bond acceptors (Lipinski definition) is 6. The molecule has 2 aliphatic heterocycles. The van der Waals surface area contributed by atoms with E-state index in [2.05, 4.69) is 0 Å². The van der Waals surface area contributed by atoms with Gasteiger partial charge in [0, 0.05) is 30.8 Å². The fourth-order valence-electron chi connectivity index (χ4n) is 3.68. The van der Waals surface area contributed by atoms with Crippen LogP contribution in [-0.2, 0) is 0 Å². The third-order valence-corrected chi connectivity index (χ3v) is 5.49. The standard InChI is InChI=1S/C22H22ClNO6/c1-26-15-10-17(27-2)20(18(11-15)28-3)13-4-6-24(7-5-13)22(25)14-8-16(23)21-19(9-14)29-12-30-21/h4,8-11H,5-7,12H2,1-3H3. The molecule has 2 aromatic carbocycles. The lowest BCUT2D eigenvalue weighted by Gasteiger charge is -2.28. The molecule has 0 saturated carbocycles. The van der Waals surface area contributed by atoms with Crippen LogP contribution in [0.4, 0.5) is 0 Å². The van der Waals surface area contributed by atoms with Crippen molar-refractivity contribution in [2.75, 3.05) is 41.2 Å². The first-order valence-electron chi connectivity index (χ1n) is 9.43. The number of carbonyl (C=O) groups is 1. The molecule has 0 aromatic heterocycles. The predicted octanol–water partition coefficient (Wildman–Crippen LogP) is 4.02. The number of carbonyl (C=O) groups excluding carboxylic acids is 1. The third-order valence-electron chi connectivity index (χ3n) is 5.21. The number of fused-ring (bicyclic) bond motifs is 1. The summed E-state index contributed by atoms with van der Waals surface area (Å²) in [5, 5.41) is 0.370. The number of amides is 1. The van der Waals surface area contributed by atoms with Gasteiger partial charge in [-0.2, -0.15) is 0 Å². The van der Waals surface area contributed by atoms with Crippen molar-refractivity contribution in [3.05, 3.63) is 46.5 Å². The molecule has 0 spiro atoms. The van der Waals surface area contributed by atoms with E-state index in [1.807, 2.05) is 18.2 Å². The van der Waals surface area contributed by atoms with Gasteiger partial charge >= 0.3 is 0 Å². The van der Waals surface area contributed by atoms with Crippen LogP contribution < -0.4 is 23.7 Å². The Morgan fingerprint density at radius 3 is 2.37 bits per heavy atom. The van der Waals surface area contributed by atoms with Gasteiger partial charge < -0.3 is 28.6 Å². The summed E-state index contributed by atoms with van der Waals surface area (Å²) >= 11 is 6.23. The lowest BCUT2D eigenvalue weighted by molar-refractivity contribution is 0.0772. The van der Waals surface area contributed by atoms with Crippen LogP contribution in [0.2, 0.25) is 5.02 Å². The number of benzene rings is 2. The van der Waals surface area contributed by atoms with Gasteiger partial charge in [0.25, 0.3) is 5.91 Å². The molecule has 8 heteroatoms. The van der Waals surface area contributed by atoms with E-state index in [1.165, 1.54) is 0 Å². The molecule has 0 N–H and O–H groups in total. The molecule has 0 bridgehead atoms. The quantitative estimate of drug-likeness (QED) is 0.712. The first kappa shape index (κ1) is 20.2. The Balaban J connectivity index is 1.58. The zero-order chi connectivity index (χ0) is 21.3. The van der Waals surface area contributed by atoms with Gasteiger partial charge in [-0.05, 0) is 24.1 Å². The van der Waals surface area contributed by atoms with E-state index in [-0.39, 0.29) is 12.7 Å². The average molecular weight is 432 g/mol. The molecular formula is C22H22ClNO6. The molecule has 2 aromatic rings. The molecule has 0 aliphatic carbocycles. The molecule has 1 amide bonds. The number of nitrogens with zero attached hydrogens (tertiary/aromatic N) is 1. The van der Waals surface area contributed by atoms with Gasteiger partial charge in [-0.1, -0.05) is 17.7 Å². The predicted molar refractivity (Wildman–Crippen MR) is 112 cm³/mol. The Bertz CT molecular complexity index is 994. The molecule has 158 valence electrons. The second kappa shape index (κ2) is 8.36. The van der Waals surface area contributed by atoms with Crippen LogP contribution in [0.1, 0.15) is 22.3 Å². The van der Waals surface area contributed by atoms with Crippen LogP contribution in [-0.4, -0.2) is 52.0 Å². The number of rotatable bonds is 5. The molecule has 0 radical (unpaired) electrons. The monoisotopic (exact) mass is 431 g/mol. The number of methoxy groups -OCH3 is 3. The van der Waals surface area contributed by atoms with Gasteiger partial charge in [0.15, 0.2) is 11.5 Å². The molecule has 0 atom stereocenters. The van der Waals surface area contributed by atoms with Crippen molar-refractivity contribution >= 4 is 23.1 Å². The van der Waals surface area contributed by atoms with Crippen molar-refractivity contribution in [2.24, 2.45) is 0 Å². The van der Waals surface area contributed by atoms with Gasteiger partial charge in [0.1, 0.15) is 17.2 Å². The average Bonchev–Trinajstić information content (AvgIpc) is 3.27. The van der Waals surface area contributed by atoms with E-state index >= 15 is 0 Å². The second-order valence-electron chi connectivity index (χ2n) is 6.83. The summed E-state index contributed by atoms with van der Waals surface area (Å²) in [4.78, 5) is 14.8. The number of halogens is 1. The first-order valence-corrected chi connectivity index (χ1v) is 9.81. The van der Waals surface area contributed by atoms with Crippen molar-refractivity contribution in [1.82, 2.24) is 4.90 Å². The largest absolute Gasteiger partial charge is 0.496 e. The molecule has 0 saturated heterocycles. The Labute approximate surface area is 179 Å². The van der Waals surface area contributed by atoms with Crippen LogP contribution >= 0.6 is 11.6 Å². The molecular weight excluding hydrogens is 410 g/mol. The maximum absolute atomic E-state index is 13.0. The Kier molecular flexibility index (Phi) is 5.63. The van der Waals surface area contributed by atoms with Crippen molar-refractivity contribution < 1.29 is 28.5 Å². The van der Waals surface area contributed by atoms with Crippen LogP contribution in [0.15, 0.2) is 30.3 Å². The first-order chi connectivity index (χ1) is 14.5. The van der Waals surface area contributed by atoms with Gasteiger partial charge in [0.2, 0.25) is 6.79 Å². The highest BCUT2D eigenvalue weighted by atomic mass is 35.5. The summed E-state index contributed by atoms with van der Waals surface area (Å²) in [6, 6.07) is 6.94. The SMILES string of the molecule is COc1cc(OC)c(C2=CCN(C(=O)c3cc(Cl)c4c(c3)OCO4)CC2)c(OC)c1. The van der Waals surface area contributed by atoms with Crippen molar-refractivity contribution in [3.8, 4) is 28.7 Å². The van der Waals surface area contributed by atoms with E-state index in [0.717, 1.165) is 11.1 Å². The number of ether oxygens (including phenoxy) is 5. The topological polar surface area (TPSA) is 66.5 Å². The third kappa shape index (κ3) is 3.61. The van der Waals surface area contributed by atoms with E-state index in [0.29, 0.717) is 58.8 Å². The van der Waals surface area contributed by atoms with Crippen molar-refractivity contribution in [3.63, 3.8) is 0 Å². The molecule has 0 fully saturated rings. The van der Waals surface area contributed by atoms with Crippen LogP contribution in [0, 0.1) is 0 Å². The fraction of sp³-hybridized carbons (Fsp3) is 0.318. The Morgan fingerprint density at radius 2 is 1.77 bits per heavy atom. The van der Waals surface area contributed by atoms with E-state index in [4.69, 9.17) is 35.3 Å². The molecule has 2 aliphatic rings. The summed E-state index contributed by atoms with van der Waals surface area (Å²) < 4.78 is 27.1. The van der Waals surface area contributed by atoms with Crippen LogP contribution in [0.5, 0.6) is 28.7 Å². The lowest BCUT2D eigenvalue weighted by atomic mass is 9.96. The van der Waals surface area contributed by atoms with Crippen LogP contribution in [0.25, 0.3) is 5.57 Å². The fourth-order valence-corrected chi connectivity index (χ4v) is 3.94. The summed E-state index contributed by atoms with van der Waals surface area (Å²) in [7, 11) is 4.82. The highest BCUT2D eigenvalue weighted by Gasteiger charge is 2.26. The van der Waals surface area contributed by atoms with Crippen molar-refractivity contribution in [1.29, 1.82) is 0 Å². The highest BCUT2D eigenvalue weighted by molar-refractivity contribution is 6.32. The molecule has 4 rings (SSSR count). The Morgan fingerprint density at radius 1 is 1.03 bits per heavy atom. The Hall–Kier alpha value is -3.06.